The third kappa shape index (κ3) is 4.60. The zero-order valence-electron chi connectivity index (χ0n) is 16.7. The van der Waals surface area contributed by atoms with Crippen LogP contribution in [0.3, 0.4) is 0 Å². The molecular weight excluding hydrogens is 471 g/mol. The summed E-state index contributed by atoms with van der Waals surface area (Å²) in [5.74, 6) is -0.118. The summed E-state index contributed by atoms with van der Waals surface area (Å²) in [4.78, 5) is 30.4. The quantitative estimate of drug-likeness (QED) is 0.412. The van der Waals surface area contributed by atoms with Crippen LogP contribution in [0.4, 0.5) is 5.69 Å². The fraction of sp³-hybridized carbons (Fsp3) is 0.0870. The molecule has 0 radical (unpaired) electrons. The number of furan rings is 1. The van der Waals surface area contributed by atoms with Gasteiger partial charge in [-0.15, -0.1) is 0 Å². The fourth-order valence-electron chi connectivity index (χ4n) is 3.05. The third-order valence-corrected chi connectivity index (χ3v) is 6.19. The SMILES string of the molecule is CCN1C(=O)C(=Cc2ccc(-c3ccc(Cl)cc3Cl)o2)SC1=Nc1ccc(C(=O)O)cc1. The number of carbonyl (C=O) groups excluding carboxylic acids is 1. The molecule has 1 amide bonds. The first-order chi connectivity index (χ1) is 15.4. The first kappa shape index (κ1) is 22.2. The van der Waals surface area contributed by atoms with Crippen LogP contribution < -0.4 is 0 Å². The summed E-state index contributed by atoms with van der Waals surface area (Å²) in [5, 5.41) is 10.5. The Morgan fingerprint density at radius 2 is 1.91 bits per heavy atom. The van der Waals surface area contributed by atoms with Crippen LogP contribution in [0.25, 0.3) is 17.4 Å². The van der Waals surface area contributed by atoms with Gasteiger partial charge in [0, 0.05) is 23.2 Å². The van der Waals surface area contributed by atoms with Crippen molar-refractivity contribution in [3.63, 3.8) is 0 Å². The molecule has 0 saturated carbocycles. The smallest absolute Gasteiger partial charge is 0.335 e. The van der Waals surface area contributed by atoms with Crippen molar-refractivity contribution in [2.75, 3.05) is 6.54 Å². The highest BCUT2D eigenvalue weighted by molar-refractivity contribution is 8.18. The molecule has 0 unspecified atom stereocenters. The van der Waals surface area contributed by atoms with Gasteiger partial charge in [0.2, 0.25) is 0 Å². The number of aliphatic imine (C=N–C) groups is 1. The van der Waals surface area contributed by atoms with Gasteiger partial charge in [-0.3, -0.25) is 9.69 Å². The van der Waals surface area contributed by atoms with E-state index in [0.717, 1.165) is 0 Å². The molecular formula is C23H16Cl2N2O4S. The Hall–Kier alpha value is -3.00. The Morgan fingerprint density at radius 3 is 2.56 bits per heavy atom. The van der Waals surface area contributed by atoms with Crippen molar-refractivity contribution in [2.24, 2.45) is 4.99 Å². The summed E-state index contributed by atoms with van der Waals surface area (Å²) < 4.78 is 5.88. The van der Waals surface area contributed by atoms with Gasteiger partial charge in [-0.2, -0.15) is 0 Å². The van der Waals surface area contributed by atoms with E-state index in [2.05, 4.69) is 4.99 Å². The number of carboxylic acid groups (broad SMARTS) is 1. The second kappa shape index (κ2) is 9.24. The molecule has 1 fully saturated rings. The fourth-order valence-corrected chi connectivity index (χ4v) is 4.60. The van der Waals surface area contributed by atoms with E-state index in [1.54, 1.807) is 53.4 Å². The highest BCUT2D eigenvalue weighted by Gasteiger charge is 2.32. The lowest BCUT2D eigenvalue weighted by atomic mass is 10.2. The number of aromatic carboxylic acids is 1. The second-order valence-electron chi connectivity index (χ2n) is 6.73. The number of benzene rings is 2. The van der Waals surface area contributed by atoms with Gasteiger partial charge in [0.15, 0.2) is 5.17 Å². The van der Waals surface area contributed by atoms with Gasteiger partial charge < -0.3 is 9.52 Å². The number of amides is 1. The molecule has 0 atom stereocenters. The number of halogens is 2. The van der Waals surface area contributed by atoms with Crippen LogP contribution in [-0.2, 0) is 4.79 Å². The lowest BCUT2D eigenvalue weighted by Crippen LogP contribution is -2.28. The van der Waals surface area contributed by atoms with Crippen LogP contribution >= 0.6 is 35.0 Å². The molecule has 0 aliphatic carbocycles. The topological polar surface area (TPSA) is 83.1 Å². The zero-order valence-corrected chi connectivity index (χ0v) is 19.0. The van der Waals surface area contributed by atoms with Crippen molar-refractivity contribution in [1.82, 2.24) is 4.90 Å². The molecule has 1 saturated heterocycles. The van der Waals surface area contributed by atoms with Gasteiger partial charge in [0.25, 0.3) is 5.91 Å². The molecule has 162 valence electrons. The van der Waals surface area contributed by atoms with E-state index in [0.29, 0.717) is 49.4 Å². The number of nitrogens with zero attached hydrogens (tertiary/aromatic N) is 2. The number of hydrogen-bond donors (Lipinski definition) is 1. The van der Waals surface area contributed by atoms with Gasteiger partial charge in [-0.05, 0) is 73.3 Å². The van der Waals surface area contributed by atoms with Gasteiger partial charge >= 0.3 is 5.97 Å². The molecule has 1 aliphatic rings. The number of amidine groups is 1. The maximum absolute atomic E-state index is 12.9. The highest BCUT2D eigenvalue weighted by atomic mass is 35.5. The summed E-state index contributed by atoms with van der Waals surface area (Å²) in [7, 11) is 0. The van der Waals surface area contributed by atoms with E-state index < -0.39 is 5.97 Å². The molecule has 1 N–H and O–H groups in total. The normalized spacial score (nSPS) is 16.3. The zero-order chi connectivity index (χ0) is 22.8. The minimum Gasteiger partial charge on any atom is -0.478 e. The number of likely N-dealkylation sites (N-methyl/N-ethyl adjacent to an activating group) is 1. The van der Waals surface area contributed by atoms with Crippen molar-refractivity contribution in [3.05, 3.63) is 80.9 Å². The molecule has 2 aromatic carbocycles. The molecule has 2 heterocycles. The third-order valence-electron chi connectivity index (χ3n) is 4.64. The predicted molar refractivity (Wildman–Crippen MR) is 128 cm³/mol. The highest BCUT2D eigenvalue weighted by Crippen LogP contribution is 2.36. The summed E-state index contributed by atoms with van der Waals surface area (Å²) in [6.07, 6.45) is 1.67. The molecule has 4 rings (SSSR count). The Balaban J connectivity index is 1.60. The van der Waals surface area contributed by atoms with E-state index in [9.17, 15) is 9.59 Å². The number of rotatable bonds is 5. The minimum atomic E-state index is -1.01. The number of carbonyl (C=O) groups is 2. The van der Waals surface area contributed by atoms with E-state index in [-0.39, 0.29) is 11.5 Å². The predicted octanol–water partition coefficient (Wildman–Crippen LogP) is 6.58. The number of hydrogen-bond acceptors (Lipinski definition) is 5. The Morgan fingerprint density at radius 1 is 1.16 bits per heavy atom. The molecule has 0 spiro atoms. The molecule has 9 heteroatoms. The largest absolute Gasteiger partial charge is 0.478 e. The average Bonchev–Trinajstić information content (AvgIpc) is 3.33. The Labute approximate surface area is 198 Å². The van der Waals surface area contributed by atoms with Gasteiger partial charge in [-0.1, -0.05) is 23.2 Å². The first-order valence-electron chi connectivity index (χ1n) is 9.54. The van der Waals surface area contributed by atoms with Crippen LogP contribution in [0, 0.1) is 0 Å². The maximum Gasteiger partial charge on any atom is 0.335 e. The van der Waals surface area contributed by atoms with Crippen LogP contribution in [0.1, 0.15) is 23.0 Å². The summed E-state index contributed by atoms with van der Waals surface area (Å²) in [5.41, 5.74) is 1.43. The van der Waals surface area contributed by atoms with Crippen molar-refractivity contribution in [3.8, 4) is 11.3 Å². The summed E-state index contributed by atoms with van der Waals surface area (Å²) in [6.45, 7) is 2.30. The molecule has 3 aromatic rings. The van der Waals surface area contributed by atoms with Crippen LogP contribution in [0.5, 0.6) is 0 Å². The Kier molecular flexibility index (Phi) is 6.41. The lowest BCUT2D eigenvalue weighted by Gasteiger charge is -2.11. The molecule has 6 nitrogen and oxygen atoms in total. The minimum absolute atomic E-state index is 0.173. The summed E-state index contributed by atoms with van der Waals surface area (Å²) in [6, 6.07) is 14.8. The van der Waals surface area contributed by atoms with E-state index in [1.165, 1.54) is 23.9 Å². The maximum atomic E-state index is 12.9. The number of thioether (sulfide) groups is 1. The monoisotopic (exact) mass is 486 g/mol. The van der Waals surface area contributed by atoms with Gasteiger partial charge in [0.05, 0.1) is 21.2 Å². The summed E-state index contributed by atoms with van der Waals surface area (Å²) >= 11 is 13.4. The average molecular weight is 487 g/mol. The van der Waals surface area contributed by atoms with Gasteiger partial charge in [-0.25, -0.2) is 9.79 Å². The van der Waals surface area contributed by atoms with Crippen molar-refractivity contribution in [2.45, 2.75) is 6.92 Å². The van der Waals surface area contributed by atoms with Gasteiger partial charge in [0.1, 0.15) is 11.5 Å². The van der Waals surface area contributed by atoms with Crippen LogP contribution in [0.15, 0.2) is 68.9 Å². The molecule has 1 aromatic heterocycles. The lowest BCUT2D eigenvalue weighted by molar-refractivity contribution is -0.122. The molecule has 1 aliphatic heterocycles. The number of carboxylic acids is 1. The van der Waals surface area contributed by atoms with E-state index in [4.69, 9.17) is 32.7 Å². The standard InChI is InChI=1S/C23H16Cl2N2O4S/c1-2-27-21(28)20(32-23(27)26-15-6-3-13(4-7-15)22(29)30)12-16-8-10-19(31-16)17-9-5-14(24)11-18(17)25/h3-12H,2H2,1H3,(H,29,30). The van der Waals surface area contributed by atoms with Crippen LogP contribution in [0.2, 0.25) is 10.0 Å². The first-order valence-corrected chi connectivity index (χ1v) is 11.1. The van der Waals surface area contributed by atoms with Crippen molar-refractivity contribution >= 4 is 63.8 Å². The van der Waals surface area contributed by atoms with Crippen LogP contribution in [-0.4, -0.2) is 33.6 Å². The Bertz CT molecular complexity index is 1270. The van der Waals surface area contributed by atoms with Crippen molar-refractivity contribution < 1.29 is 19.1 Å². The van der Waals surface area contributed by atoms with E-state index in [1.807, 2.05) is 6.92 Å². The second-order valence-corrected chi connectivity index (χ2v) is 8.59. The van der Waals surface area contributed by atoms with E-state index >= 15 is 0 Å². The molecule has 32 heavy (non-hydrogen) atoms. The molecule has 0 bridgehead atoms. The van der Waals surface area contributed by atoms with Crippen molar-refractivity contribution in [1.29, 1.82) is 0 Å².